The van der Waals surface area contributed by atoms with Crippen LogP contribution < -0.4 is 10.2 Å². The molecule has 11 nitrogen and oxygen atoms in total. The lowest BCUT2D eigenvalue weighted by molar-refractivity contribution is -0.384. The fraction of sp³-hybridized carbons (Fsp3) is 0.0588. The Balaban J connectivity index is 1.81. The lowest BCUT2D eigenvalue weighted by Crippen LogP contribution is -2.16. The molecule has 29 heavy (non-hydrogen) atoms. The van der Waals surface area contributed by atoms with Gasteiger partial charge in [0.05, 0.1) is 29.2 Å². The van der Waals surface area contributed by atoms with Crippen molar-refractivity contribution < 1.29 is 23.8 Å². The monoisotopic (exact) mass is 418 g/mol. The highest BCUT2D eigenvalue weighted by atomic mass is 35.5. The smallest absolute Gasteiger partial charge is 0.307 e. The molecule has 0 saturated heterocycles. The van der Waals surface area contributed by atoms with Crippen LogP contribution in [0.15, 0.2) is 45.9 Å². The maximum atomic E-state index is 12.2. The third-order valence-corrected chi connectivity index (χ3v) is 4.09. The Kier molecular flexibility index (Phi) is 5.41. The Hall–Kier alpha value is -3.99. The second-order valence-electron chi connectivity index (χ2n) is 5.60. The van der Waals surface area contributed by atoms with Gasteiger partial charge in [-0.1, -0.05) is 17.7 Å². The van der Waals surface area contributed by atoms with E-state index in [1.807, 2.05) is 0 Å². The number of rotatable bonds is 6. The van der Waals surface area contributed by atoms with E-state index in [1.165, 1.54) is 49.7 Å². The van der Waals surface area contributed by atoms with Crippen molar-refractivity contribution in [2.75, 3.05) is 7.11 Å². The van der Waals surface area contributed by atoms with Gasteiger partial charge in [0.1, 0.15) is 5.02 Å². The number of hydrogen-bond acceptors (Lipinski definition) is 8. The van der Waals surface area contributed by atoms with E-state index in [2.05, 4.69) is 10.5 Å². The van der Waals surface area contributed by atoms with Crippen molar-refractivity contribution in [3.05, 3.63) is 73.0 Å². The molecule has 0 aliphatic rings. The lowest BCUT2D eigenvalue weighted by atomic mass is 10.2. The second-order valence-corrected chi connectivity index (χ2v) is 6.01. The number of carbonyl (C=O) groups excluding carboxylic acids is 1. The summed E-state index contributed by atoms with van der Waals surface area (Å²) < 4.78 is 10.5. The van der Waals surface area contributed by atoms with E-state index in [0.29, 0.717) is 10.9 Å². The number of fused-ring (bicyclic) bond motifs is 1. The minimum absolute atomic E-state index is 0.0264. The van der Waals surface area contributed by atoms with Crippen molar-refractivity contribution in [1.82, 2.24) is 5.43 Å². The zero-order chi connectivity index (χ0) is 21.1. The van der Waals surface area contributed by atoms with Crippen molar-refractivity contribution in [1.29, 1.82) is 0 Å². The first kappa shape index (κ1) is 19.8. The first-order chi connectivity index (χ1) is 13.8. The van der Waals surface area contributed by atoms with Gasteiger partial charge in [0.15, 0.2) is 17.1 Å². The summed E-state index contributed by atoms with van der Waals surface area (Å²) in [5.41, 5.74) is 2.19. The number of nitro groups is 2. The van der Waals surface area contributed by atoms with Gasteiger partial charge in [0, 0.05) is 23.1 Å². The molecule has 1 N–H and O–H groups in total. The van der Waals surface area contributed by atoms with Crippen molar-refractivity contribution in [2.45, 2.75) is 0 Å². The van der Waals surface area contributed by atoms with E-state index in [0.717, 1.165) is 0 Å². The molecule has 0 saturated carbocycles. The SMILES string of the molecule is COc1cc([N+](=O)[O-])cc2cc(C(=O)N/N=C\c3ccc(Cl)c([N+](=O)[O-])c3)oc12. The number of nitrogens with one attached hydrogen (secondary N) is 1. The number of non-ortho nitro benzene ring substituents is 1. The van der Waals surface area contributed by atoms with Crippen molar-refractivity contribution in [3.63, 3.8) is 0 Å². The zero-order valence-corrected chi connectivity index (χ0v) is 15.4. The number of hydrogen-bond donors (Lipinski definition) is 1. The molecule has 0 bridgehead atoms. The number of carbonyl (C=O) groups is 1. The molecule has 1 aromatic heterocycles. The van der Waals surface area contributed by atoms with Gasteiger partial charge in [-0.05, 0) is 12.1 Å². The molecule has 148 valence electrons. The molecule has 12 heteroatoms. The molecule has 0 fully saturated rings. The third-order valence-electron chi connectivity index (χ3n) is 3.77. The van der Waals surface area contributed by atoms with Crippen molar-refractivity contribution in [2.24, 2.45) is 5.10 Å². The van der Waals surface area contributed by atoms with E-state index in [-0.39, 0.29) is 33.5 Å². The molecule has 0 spiro atoms. The van der Waals surface area contributed by atoms with Gasteiger partial charge in [-0.3, -0.25) is 25.0 Å². The summed E-state index contributed by atoms with van der Waals surface area (Å²) in [7, 11) is 1.32. The molecule has 0 atom stereocenters. The number of amides is 1. The summed E-state index contributed by atoms with van der Waals surface area (Å²) in [6.45, 7) is 0. The maximum absolute atomic E-state index is 12.2. The average molecular weight is 419 g/mol. The van der Waals surface area contributed by atoms with Gasteiger partial charge in [-0.25, -0.2) is 5.43 Å². The van der Waals surface area contributed by atoms with Crippen LogP contribution in [0, 0.1) is 20.2 Å². The normalized spacial score (nSPS) is 11.0. The molecule has 1 heterocycles. The Morgan fingerprint density at radius 2 is 1.97 bits per heavy atom. The molecule has 0 aliphatic heterocycles. The van der Waals surface area contributed by atoms with E-state index >= 15 is 0 Å². The fourth-order valence-corrected chi connectivity index (χ4v) is 2.63. The summed E-state index contributed by atoms with van der Waals surface area (Å²) in [5, 5.41) is 25.9. The number of benzene rings is 2. The van der Waals surface area contributed by atoms with Crippen LogP contribution in [0.5, 0.6) is 5.75 Å². The first-order valence-corrected chi connectivity index (χ1v) is 8.21. The van der Waals surface area contributed by atoms with Gasteiger partial charge in [-0.15, -0.1) is 0 Å². The Morgan fingerprint density at radius 1 is 1.21 bits per heavy atom. The molecule has 0 radical (unpaired) electrons. The minimum atomic E-state index is -0.731. The van der Waals surface area contributed by atoms with E-state index < -0.39 is 15.8 Å². The molecular formula is C17H11ClN4O7. The van der Waals surface area contributed by atoms with Crippen molar-refractivity contribution >= 4 is 46.1 Å². The molecular weight excluding hydrogens is 408 g/mol. The van der Waals surface area contributed by atoms with Crippen LogP contribution in [-0.4, -0.2) is 29.1 Å². The largest absolute Gasteiger partial charge is 0.493 e. The predicted octanol–water partition coefficient (Wildman–Crippen LogP) is 3.68. The molecule has 1 amide bonds. The number of ether oxygens (including phenoxy) is 1. The summed E-state index contributed by atoms with van der Waals surface area (Å²) in [6, 6.07) is 7.75. The van der Waals surface area contributed by atoms with Gasteiger partial charge in [0.2, 0.25) is 0 Å². The molecule has 2 aromatic carbocycles. The van der Waals surface area contributed by atoms with Gasteiger partial charge in [-0.2, -0.15) is 5.10 Å². The third kappa shape index (κ3) is 4.14. The Bertz CT molecular complexity index is 1170. The standard InChI is InChI=1S/C17H11ClN4O7/c1-28-14-7-11(21(24)25)5-10-6-15(29-16(10)14)17(23)20-19-8-9-2-3-12(18)13(4-9)22(26)27/h2-8H,1H3,(H,20,23)/b19-8-. The summed E-state index contributed by atoms with van der Waals surface area (Å²) in [5.74, 6) is -0.783. The van der Waals surface area contributed by atoms with E-state index in [9.17, 15) is 25.0 Å². The predicted molar refractivity (Wildman–Crippen MR) is 103 cm³/mol. The van der Waals surface area contributed by atoms with Crippen LogP contribution in [-0.2, 0) is 0 Å². The first-order valence-electron chi connectivity index (χ1n) is 7.83. The minimum Gasteiger partial charge on any atom is -0.493 e. The number of nitrogens with zero attached hydrogens (tertiary/aromatic N) is 3. The van der Waals surface area contributed by atoms with E-state index in [1.54, 1.807) is 0 Å². The molecule has 3 rings (SSSR count). The zero-order valence-electron chi connectivity index (χ0n) is 14.6. The van der Waals surface area contributed by atoms with Crippen LogP contribution in [0.2, 0.25) is 5.02 Å². The summed E-state index contributed by atoms with van der Waals surface area (Å²) in [6.07, 6.45) is 1.19. The van der Waals surface area contributed by atoms with Crippen LogP contribution >= 0.6 is 11.6 Å². The highest BCUT2D eigenvalue weighted by Gasteiger charge is 2.19. The van der Waals surface area contributed by atoms with Crippen LogP contribution in [0.3, 0.4) is 0 Å². The fourth-order valence-electron chi connectivity index (χ4n) is 2.45. The Morgan fingerprint density at radius 3 is 2.62 bits per heavy atom. The number of furan rings is 1. The van der Waals surface area contributed by atoms with Crippen molar-refractivity contribution in [3.8, 4) is 5.75 Å². The van der Waals surface area contributed by atoms with Crippen LogP contribution in [0.4, 0.5) is 11.4 Å². The van der Waals surface area contributed by atoms with Gasteiger partial charge >= 0.3 is 5.91 Å². The summed E-state index contributed by atoms with van der Waals surface area (Å²) in [4.78, 5) is 32.9. The van der Waals surface area contributed by atoms with E-state index in [4.69, 9.17) is 20.8 Å². The average Bonchev–Trinajstić information content (AvgIpc) is 3.12. The number of halogens is 1. The second kappa shape index (κ2) is 7.94. The quantitative estimate of drug-likeness (QED) is 0.364. The molecule has 3 aromatic rings. The Labute approximate surface area is 166 Å². The topological polar surface area (TPSA) is 150 Å². The lowest BCUT2D eigenvalue weighted by Gasteiger charge is -2.00. The highest BCUT2D eigenvalue weighted by Crippen LogP contribution is 2.33. The van der Waals surface area contributed by atoms with Crippen LogP contribution in [0.1, 0.15) is 16.1 Å². The number of hydrazone groups is 1. The van der Waals surface area contributed by atoms with Gasteiger partial charge in [0.25, 0.3) is 11.4 Å². The molecule has 0 unspecified atom stereocenters. The highest BCUT2D eigenvalue weighted by molar-refractivity contribution is 6.32. The number of methoxy groups -OCH3 is 1. The summed E-state index contributed by atoms with van der Waals surface area (Å²) >= 11 is 5.73. The maximum Gasteiger partial charge on any atom is 0.307 e. The molecule has 0 aliphatic carbocycles. The van der Waals surface area contributed by atoms with Gasteiger partial charge < -0.3 is 9.15 Å². The van der Waals surface area contributed by atoms with Crippen LogP contribution in [0.25, 0.3) is 11.0 Å². The number of nitro benzene ring substituents is 2.